The molecule has 1 aliphatic heterocycles. The highest BCUT2D eigenvalue weighted by Crippen LogP contribution is 2.42. The van der Waals surface area contributed by atoms with Gasteiger partial charge >= 0.3 is 0 Å². The molecule has 0 radical (unpaired) electrons. The molecule has 0 spiro atoms. The van der Waals surface area contributed by atoms with E-state index in [1.807, 2.05) is 91.0 Å². The summed E-state index contributed by atoms with van der Waals surface area (Å²) in [4.78, 5) is 41.0. The molecule has 0 aliphatic carbocycles. The monoisotopic (exact) mass is 596 g/mol. The molecule has 3 amide bonds. The Morgan fingerprint density at radius 3 is 1.91 bits per heavy atom. The Morgan fingerprint density at radius 1 is 0.750 bits per heavy atom. The molecule has 1 saturated heterocycles. The van der Waals surface area contributed by atoms with Gasteiger partial charge in [0.2, 0.25) is 17.7 Å². The number of amides is 3. The van der Waals surface area contributed by atoms with Crippen molar-refractivity contribution in [3.05, 3.63) is 108 Å². The van der Waals surface area contributed by atoms with Gasteiger partial charge in [0.05, 0.1) is 12.0 Å². The maximum Gasteiger partial charge on any atom is 0.239 e. The SMILES string of the molecule is CCCCCN1CCC[C@H](CNC(=O)CCNC(=O)CNC(=O)CC(c2ccccc2)(c2ccccc2)c2ccccc2)C1. The van der Waals surface area contributed by atoms with Crippen molar-refractivity contribution >= 4 is 17.7 Å². The zero-order valence-electron chi connectivity index (χ0n) is 26.1. The van der Waals surface area contributed by atoms with Crippen LogP contribution in [0.2, 0.25) is 0 Å². The molecule has 3 N–H and O–H groups in total. The number of nitrogens with one attached hydrogen (secondary N) is 3. The number of carbonyl (C=O) groups is 3. The molecule has 1 fully saturated rings. The van der Waals surface area contributed by atoms with Gasteiger partial charge in [-0.25, -0.2) is 0 Å². The fraction of sp³-hybridized carbons (Fsp3) is 0.432. The number of rotatable bonds is 16. The summed E-state index contributed by atoms with van der Waals surface area (Å²) in [6.45, 7) is 6.33. The number of nitrogens with zero attached hydrogens (tertiary/aromatic N) is 1. The normalized spacial score (nSPS) is 15.3. The molecular formula is C37H48N4O3. The van der Waals surface area contributed by atoms with Crippen LogP contribution in [0.25, 0.3) is 0 Å². The Balaban J connectivity index is 1.26. The third-order valence-electron chi connectivity index (χ3n) is 8.61. The van der Waals surface area contributed by atoms with E-state index in [1.165, 1.54) is 25.7 Å². The second kappa shape index (κ2) is 17.4. The first-order valence-corrected chi connectivity index (χ1v) is 16.2. The first-order valence-electron chi connectivity index (χ1n) is 16.2. The third kappa shape index (κ3) is 9.52. The lowest BCUT2D eigenvalue weighted by Gasteiger charge is -2.35. The standard InChI is InChI=1S/C37H48N4O3/c1-2-3-13-24-41-25-14-15-30(29-41)27-39-34(42)22-23-38-36(44)28-40-35(43)26-37(31-16-7-4-8-17-31,32-18-9-5-10-19-32)33-20-11-6-12-21-33/h4-12,16-21,30H,2-3,13-15,22-29H2,1H3,(H,38,44)(H,39,42)(H,40,43)/t30-/m1/s1. The highest BCUT2D eigenvalue weighted by Gasteiger charge is 2.38. The Bertz CT molecular complexity index is 1200. The van der Waals surface area contributed by atoms with Gasteiger partial charge in [-0.2, -0.15) is 0 Å². The van der Waals surface area contributed by atoms with Crippen molar-refractivity contribution in [3.8, 4) is 0 Å². The van der Waals surface area contributed by atoms with Crippen LogP contribution in [0.5, 0.6) is 0 Å². The number of carbonyl (C=O) groups excluding carboxylic acids is 3. The number of hydrogen-bond acceptors (Lipinski definition) is 4. The van der Waals surface area contributed by atoms with E-state index < -0.39 is 5.41 Å². The third-order valence-corrected chi connectivity index (χ3v) is 8.61. The summed E-state index contributed by atoms with van der Waals surface area (Å²) in [7, 11) is 0. The summed E-state index contributed by atoms with van der Waals surface area (Å²) < 4.78 is 0. The van der Waals surface area contributed by atoms with Crippen LogP contribution in [0.15, 0.2) is 91.0 Å². The Hall–Kier alpha value is -3.97. The summed E-state index contributed by atoms with van der Waals surface area (Å²) in [5.74, 6) is -0.124. The first-order chi connectivity index (χ1) is 21.5. The van der Waals surface area contributed by atoms with Crippen molar-refractivity contribution in [2.24, 2.45) is 5.92 Å². The lowest BCUT2D eigenvalue weighted by molar-refractivity contribution is -0.126. The van der Waals surface area contributed by atoms with E-state index in [4.69, 9.17) is 0 Å². The van der Waals surface area contributed by atoms with Crippen LogP contribution in [-0.4, -0.2) is 61.9 Å². The molecule has 0 aromatic heterocycles. The minimum Gasteiger partial charge on any atom is -0.356 e. The largest absolute Gasteiger partial charge is 0.356 e. The molecule has 1 atom stereocenters. The highest BCUT2D eigenvalue weighted by atomic mass is 16.2. The van der Waals surface area contributed by atoms with Crippen LogP contribution in [0.1, 0.15) is 68.6 Å². The van der Waals surface area contributed by atoms with Crippen LogP contribution >= 0.6 is 0 Å². The highest BCUT2D eigenvalue weighted by molar-refractivity contribution is 5.86. The molecule has 3 aromatic carbocycles. The predicted molar refractivity (Wildman–Crippen MR) is 176 cm³/mol. The van der Waals surface area contributed by atoms with Crippen molar-refractivity contribution in [2.75, 3.05) is 39.3 Å². The van der Waals surface area contributed by atoms with Gasteiger partial charge in [0.25, 0.3) is 0 Å². The van der Waals surface area contributed by atoms with Gasteiger partial charge in [0.1, 0.15) is 0 Å². The molecule has 4 rings (SSSR count). The van der Waals surface area contributed by atoms with E-state index in [2.05, 4.69) is 27.8 Å². The Morgan fingerprint density at radius 2 is 1.34 bits per heavy atom. The fourth-order valence-corrected chi connectivity index (χ4v) is 6.29. The van der Waals surface area contributed by atoms with Gasteiger partial charge in [-0.3, -0.25) is 14.4 Å². The van der Waals surface area contributed by atoms with E-state index in [1.54, 1.807) is 0 Å². The molecule has 0 unspecified atom stereocenters. The van der Waals surface area contributed by atoms with Gasteiger partial charge in [0.15, 0.2) is 0 Å². The van der Waals surface area contributed by atoms with Crippen molar-refractivity contribution in [3.63, 3.8) is 0 Å². The van der Waals surface area contributed by atoms with Crippen molar-refractivity contribution in [1.29, 1.82) is 0 Å². The van der Waals surface area contributed by atoms with Crippen LogP contribution in [-0.2, 0) is 19.8 Å². The summed E-state index contributed by atoms with van der Waals surface area (Å²) in [5.41, 5.74) is 2.27. The van der Waals surface area contributed by atoms with Gasteiger partial charge in [-0.15, -0.1) is 0 Å². The number of piperidine rings is 1. The van der Waals surface area contributed by atoms with E-state index in [0.29, 0.717) is 12.5 Å². The quantitative estimate of drug-likeness (QED) is 0.159. The molecule has 3 aromatic rings. The van der Waals surface area contributed by atoms with Crippen LogP contribution in [0, 0.1) is 5.92 Å². The zero-order valence-corrected chi connectivity index (χ0v) is 26.1. The molecule has 44 heavy (non-hydrogen) atoms. The number of hydrogen-bond donors (Lipinski definition) is 3. The molecule has 1 aliphatic rings. The number of benzene rings is 3. The van der Waals surface area contributed by atoms with Crippen molar-refractivity contribution < 1.29 is 14.4 Å². The van der Waals surface area contributed by atoms with E-state index >= 15 is 0 Å². The van der Waals surface area contributed by atoms with Crippen molar-refractivity contribution in [1.82, 2.24) is 20.9 Å². The van der Waals surface area contributed by atoms with Gasteiger partial charge < -0.3 is 20.9 Å². The Labute approximate surface area is 262 Å². The van der Waals surface area contributed by atoms with Gasteiger partial charge in [0, 0.05) is 32.5 Å². The maximum atomic E-state index is 13.4. The molecule has 1 heterocycles. The zero-order chi connectivity index (χ0) is 31.0. The van der Waals surface area contributed by atoms with Gasteiger partial charge in [-0.05, 0) is 55.0 Å². The summed E-state index contributed by atoms with van der Waals surface area (Å²) in [6, 6.07) is 30.1. The molecule has 0 saturated carbocycles. The fourth-order valence-electron chi connectivity index (χ4n) is 6.29. The van der Waals surface area contributed by atoms with E-state index in [9.17, 15) is 14.4 Å². The second-order valence-electron chi connectivity index (χ2n) is 11.9. The first kappa shape index (κ1) is 32.9. The average molecular weight is 597 g/mol. The Kier molecular flexibility index (Phi) is 13.0. The van der Waals surface area contributed by atoms with E-state index in [-0.39, 0.29) is 43.7 Å². The molecule has 234 valence electrons. The minimum absolute atomic E-state index is 0.0594. The van der Waals surface area contributed by atoms with Crippen molar-refractivity contribution in [2.45, 2.75) is 57.3 Å². The summed E-state index contributed by atoms with van der Waals surface area (Å²) >= 11 is 0. The summed E-state index contributed by atoms with van der Waals surface area (Å²) in [6.07, 6.45) is 6.41. The molecule has 7 nitrogen and oxygen atoms in total. The van der Waals surface area contributed by atoms with E-state index in [0.717, 1.165) is 42.7 Å². The summed E-state index contributed by atoms with van der Waals surface area (Å²) in [5, 5.41) is 8.65. The van der Waals surface area contributed by atoms with Crippen LogP contribution in [0.3, 0.4) is 0 Å². The second-order valence-corrected chi connectivity index (χ2v) is 11.9. The van der Waals surface area contributed by atoms with Crippen LogP contribution in [0.4, 0.5) is 0 Å². The predicted octanol–water partition coefficient (Wildman–Crippen LogP) is 5.05. The smallest absolute Gasteiger partial charge is 0.239 e. The number of unbranched alkanes of at least 4 members (excludes halogenated alkanes) is 2. The number of likely N-dealkylation sites (tertiary alicyclic amines) is 1. The molecule has 7 heteroatoms. The minimum atomic E-state index is -0.729. The van der Waals surface area contributed by atoms with Crippen LogP contribution < -0.4 is 16.0 Å². The molecular weight excluding hydrogens is 548 g/mol. The lowest BCUT2D eigenvalue weighted by atomic mass is 9.67. The molecule has 0 bridgehead atoms. The lowest BCUT2D eigenvalue weighted by Crippen LogP contribution is -2.43. The van der Waals surface area contributed by atoms with Gasteiger partial charge in [-0.1, -0.05) is 111 Å². The maximum absolute atomic E-state index is 13.4. The topological polar surface area (TPSA) is 90.5 Å². The average Bonchev–Trinajstić information content (AvgIpc) is 3.07.